The summed E-state index contributed by atoms with van der Waals surface area (Å²) in [5, 5.41) is 3.29. The molecule has 84 valence electrons. The lowest BCUT2D eigenvalue weighted by Crippen LogP contribution is -2.17. The Labute approximate surface area is 104 Å². The quantitative estimate of drug-likeness (QED) is 0.928. The van der Waals surface area contributed by atoms with Crippen LogP contribution in [0.5, 0.6) is 0 Å². The average Bonchev–Trinajstić information content (AvgIpc) is 2.78. The lowest BCUT2D eigenvalue weighted by molar-refractivity contribution is 0.557. The summed E-state index contributed by atoms with van der Waals surface area (Å²) in [5.74, 6) is 0. The number of aryl methyl sites for hydroxylation is 1. The number of rotatable bonds is 3. The van der Waals surface area contributed by atoms with Crippen LogP contribution >= 0.6 is 15.9 Å². The minimum absolute atomic E-state index is 0.186. The van der Waals surface area contributed by atoms with Crippen LogP contribution in [0, 0.1) is 6.92 Å². The van der Waals surface area contributed by atoms with Crippen LogP contribution in [0.25, 0.3) is 0 Å². The van der Waals surface area contributed by atoms with E-state index in [0.29, 0.717) is 0 Å². The maximum Gasteiger partial charge on any atom is 0.0953 e. The van der Waals surface area contributed by atoms with Gasteiger partial charge in [-0.1, -0.05) is 28.1 Å². The summed E-state index contributed by atoms with van der Waals surface area (Å²) in [5.41, 5.74) is 3.62. The van der Waals surface area contributed by atoms with E-state index in [1.807, 2.05) is 13.1 Å². The molecule has 1 atom stereocenters. The van der Waals surface area contributed by atoms with Crippen molar-refractivity contribution in [1.82, 2.24) is 5.32 Å². The lowest BCUT2D eigenvalue weighted by Gasteiger charge is -2.15. The highest BCUT2D eigenvalue weighted by Crippen LogP contribution is 2.25. The summed E-state index contributed by atoms with van der Waals surface area (Å²) < 4.78 is 6.26. The van der Waals surface area contributed by atoms with Gasteiger partial charge in [0, 0.05) is 10.0 Å². The standard InChI is InChI=1S/C13H14BrNO/c1-9-7-10(3-4-12(9)14)13(15-2)11-5-6-16-8-11/h3-8,13,15H,1-2H3. The van der Waals surface area contributed by atoms with Crippen LogP contribution in [0.1, 0.15) is 22.7 Å². The maximum atomic E-state index is 5.12. The van der Waals surface area contributed by atoms with Crippen molar-refractivity contribution in [3.63, 3.8) is 0 Å². The van der Waals surface area contributed by atoms with E-state index in [9.17, 15) is 0 Å². The van der Waals surface area contributed by atoms with Crippen LogP contribution < -0.4 is 5.32 Å². The van der Waals surface area contributed by atoms with Crippen LogP contribution in [-0.4, -0.2) is 7.05 Å². The van der Waals surface area contributed by atoms with Crippen molar-refractivity contribution in [3.8, 4) is 0 Å². The minimum atomic E-state index is 0.186. The van der Waals surface area contributed by atoms with Crippen LogP contribution in [0.2, 0.25) is 0 Å². The third-order valence-electron chi connectivity index (χ3n) is 2.68. The number of hydrogen-bond acceptors (Lipinski definition) is 2. The third kappa shape index (κ3) is 2.20. The summed E-state index contributed by atoms with van der Waals surface area (Å²) in [6, 6.07) is 8.54. The molecule has 0 saturated heterocycles. The molecule has 2 rings (SSSR count). The molecule has 0 spiro atoms. The molecule has 1 aromatic carbocycles. The van der Waals surface area contributed by atoms with Gasteiger partial charge in [-0.15, -0.1) is 0 Å². The molecule has 0 radical (unpaired) electrons. The summed E-state index contributed by atoms with van der Waals surface area (Å²) >= 11 is 3.51. The Balaban J connectivity index is 2.37. The molecule has 0 saturated carbocycles. The number of hydrogen-bond donors (Lipinski definition) is 1. The van der Waals surface area contributed by atoms with Gasteiger partial charge in [0.15, 0.2) is 0 Å². The van der Waals surface area contributed by atoms with Crippen molar-refractivity contribution in [3.05, 3.63) is 58.0 Å². The summed E-state index contributed by atoms with van der Waals surface area (Å²) in [6.07, 6.45) is 3.48. The molecule has 2 aromatic rings. The Hall–Kier alpha value is -1.06. The summed E-state index contributed by atoms with van der Waals surface area (Å²) in [7, 11) is 1.95. The zero-order valence-corrected chi connectivity index (χ0v) is 10.9. The lowest BCUT2D eigenvalue weighted by atomic mass is 10.00. The topological polar surface area (TPSA) is 25.2 Å². The van der Waals surface area contributed by atoms with Gasteiger partial charge in [-0.2, -0.15) is 0 Å². The second-order valence-electron chi connectivity index (χ2n) is 3.79. The number of benzene rings is 1. The van der Waals surface area contributed by atoms with Crippen LogP contribution in [-0.2, 0) is 0 Å². The molecular formula is C13H14BrNO. The zero-order valence-electron chi connectivity index (χ0n) is 9.33. The highest BCUT2D eigenvalue weighted by Gasteiger charge is 2.13. The van der Waals surface area contributed by atoms with E-state index in [-0.39, 0.29) is 6.04 Å². The molecule has 0 aliphatic heterocycles. The molecule has 0 fully saturated rings. The first kappa shape index (κ1) is 11.4. The molecule has 1 aromatic heterocycles. The smallest absolute Gasteiger partial charge is 0.0953 e. The van der Waals surface area contributed by atoms with E-state index >= 15 is 0 Å². The van der Waals surface area contributed by atoms with E-state index in [1.54, 1.807) is 12.5 Å². The molecule has 2 nitrogen and oxygen atoms in total. The normalized spacial score (nSPS) is 12.7. The van der Waals surface area contributed by atoms with Gasteiger partial charge in [-0.25, -0.2) is 0 Å². The molecule has 0 amide bonds. The first-order valence-corrected chi connectivity index (χ1v) is 5.97. The van der Waals surface area contributed by atoms with E-state index in [4.69, 9.17) is 4.42 Å². The SMILES string of the molecule is CNC(c1ccoc1)c1ccc(Br)c(C)c1. The molecule has 0 aliphatic carbocycles. The predicted molar refractivity (Wildman–Crippen MR) is 68.5 cm³/mol. The Morgan fingerprint density at radius 1 is 1.25 bits per heavy atom. The Kier molecular flexibility index (Phi) is 3.46. The Bertz CT molecular complexity index is 465. The third-order valence-corrected chi connectivity index (χ3v) is 3.57. The largest absolute Gasteiger partial charge is 0.472 e. The number of nitrogens with one attached hydrogen (secondary N) is 1. The average molecular weight is 280 g/mol. The van der Waals surface area contributed by atoms with Gasteiger partial charge < -0.3 is 9.73 Å². The fourth-order valence-corrected chi connectivity index (χ4v) is 2.06. The van der Waals surface area contributed by atoms with Crippen molar-refractivity contribution >= 4 is 15.9 Å². The molecule has 1 heterocycles. The summed E-state index contributed by atoms with van der Waals surface area (Å²) in [4.78, 5) is 0. The van der Waals surface area contributed by atoms with Crippen molar-refractivity contribution < 1.29 is 4.42 Å². The van der Waals surface area contributed by atoms with E-state index in [0.717, 1.165) is 10.0 Å². The monoisotopic (exact) mass is 279 g/mol. The van der Waals surface area contributed by atoms with Gasteiger partial charge >= 0.3 is 0 Å². The Morgan fingerprint density at radius 2 is 2.06 bits per heavy atom. The Morgan fingerprint density at radius 3 is 2.62 bits per heavy atom. The molecule has 1 unspecified atom stereocenters. The second-order valence-corrected chi connectivity index (χ2v) is 4.64. The minimum Gasteiger partial charge on any atom is -0.472 e. The van der Waals surface area contributed by atoms with Crippen LogP contribution in [0.3, 0.4) is 0 Å². The van der Waals surface area contributed by atoms with Gasteiger partial charge in [0.2, 0.25) is 0 Å². The van der Waals surface area contributed by atoms with Crippen LogP contribution in [0.15, 0.2) is 45.7 Å². The molecule has 0 bridgehead atoms. The molecule has 0 aliphatic rings. The van der Waals surface area contributed by atoms with Crippen molar-refractivity contribution in [2.75, 3.05) is 7.05 Å². The van der Waals surface area contributed by atoms with Gasteiger partial charge in [0.1, 0.15) is 0 Å². The van der Waals surface area contributed by atoms with Gasteiger partial charge in [0.05, 0.1) is 18.6 Å². The second kappa shape index (κ2) is 4.85. The summed E-state index contributed by atoms with van der Waals surface area (Å²) in [6.45, 7) is 2.09. The van der Waals surface area contributed by atoms with Crippen molar-refractivity contribution in [2.24, 2.45) is 0 Å². The molecule has 1 N–H and O–H groups in total. The fraction of sp³-hybridized carbons (Fsp3) is 0.231. The highest BCUT2D eigenvalue weighted by atomic mass is 79.9. The van der Waals surface area contributed by atoms with E-state index in [1.165, 1.54) is 11.1 Å². The van der Waals surface area contributed by atoms with Gasteiger partial charge in [0.25, 0.3) is 0 Å². The van der Waals surface area contributed by atoms with Crippen LogP contribution in [0.4, 0.5) is 0 Å². The van der Waals surface area contributed by atoms with E-state index < -0.39 is 0 Å². The maximum absolute atomic E-state index is 5.12. The molecular weight excluding hydrogens is 266 g/mol. The molecule has 16 heavy (non-hydrogen) atoms. The van der Waals surface area contributed by atoms with Gasteiger partial charge in [-0.05, 0) is 37.2 Å². The van der Waals surface area contributed by atoms with Crippen molar-refractivity contribution in [1.29, 1.82) is 0 Å². The fourth-order valence-electron chi connectivity index (χ4n) is 1.81. The zero-order chi connectivity index (χ0) is 11.5. The highest BCUT2D eigenvalue weighted by molar-refractivity contribution is 9.10. The first-order valence-electron chi connectivity index (χ1n) is 5.18. The van der Waals surface area contributed by atoms with E-state index in [2.05, 4.69) is 46.4 Å². The predicted octanol–water partition coefficient (Wildman–Crippen LogP) is 3.66. The van der Waals surface area contributed by atoms with Gasteiger partial charge in [-0.3, -0.25) is 0 Å². The number of halogens is 1. The number of furan rings is 1. The van der Waals surface area contributed by atoms with Crippen molar-refractivity contribution in [2.45, 2.75) is 13.0 Å². The first-order chi connectivity index (χ1) is 7.72. The molecule has 3 heteroatoms.